The van der Waals surface area contributed by atoms with E-state index >= 15 is 0 Å². The van der Waals surface area contributed by atoms with Gasteiger partial charge in [-0.1, -0.05) is 11.3 Å². The number of carbonyl (C=O) groups is 2. The number of halogens is 1. The van der Waals surface area contributed by atoms with Crippen molar-refractivity contribution in [2.75, 3.05) is 4.90 Å². The smallest absolute Gasteiger partial charge is 0.305 e. The SMILES string of the molecule is O=C1C2=C(CCCC2)C(=O)N1c1cc2[nH]c(=O)sc2cc1F. The maximum atomic E-state index is 14.3. The quantitative estimate of drug-likeness (QED) is 0.821. The molecule has 0 spiro atoms. The Morgan fingerprint density at radius 3 is 2.32 bits per heavy atom. The standard InChI is InChI=1S/C15H11FN2O3S/c16-9-5-12-10(17-15(21)22-12)6-11(9)18-13(19)7-3-1-2-4-8(7)14(18)20/h5-6H,1-4H2,(H,17,21). The van der Waals surface area contributed by atoms with Crippen molar-refractivity contribution < 1.29 is 14.0 Å². The minimum atomic E-state index is -0.677. The highest BCUT2D eigenvalue weighted by Gasteiger charge is 2.40. The molecule has 0 saturated carbocycles. The summed E-state index contributed by atoms with van der Waals surface area (Å²) in [6.07, 6.45) is 2.86. The number of carbonyl (C=O) groups excluding carboxylic acids is 2. The van der Waals surface area contributed by atoms with Crippen LogP contribution >= 0.6 is 11.3 Å². The molecule has 112 valence electrons. The fraction of sp³-hybridized carbons (Fsp3) is 0.267. The van der Waals surface area contributed by atoms with E-state index in [4.69, 9.17) is 0 Å². The van der Waals surface area contributed by atoms with Gasteiger partial charge in [0.2, 0.25) is 0 Å². The first kappa shape index (κ1) is 13.4. The molecule has 22 heavy (non-hydrogen) atoms. The number of hydrogen-bond acceptors (Lipinski definition) is 4. The fourth-order valence-electron chi connectivity index (χ4n) is 3.09. The molecular formula is C15H11FN2O3S. The van der Waals surface area contributed by atoms with Crippen LogP contribution in [0.4, 0.5) is 10.1 Å². The number of amides is 2. The summed E-state index contributed by atoms with van der Waals surface area (Å²) in [6, 6.07) is 2.54. The number of fused-ring (bicyclic) bond motifs is 1. The molecule has 2 amide bonds. The van der Waals surface area contributed by atoms with Crippen LogP contribution in [0.25, 0.3) is 10.2 Å². The van der Waals surface area contributed by atoms with Crippen LogP contribution in [-0.2, 0) is 9.59 Å². The molecule has 1 aliphatic carbocycles. The Morgan fingerprint density at radius 2 is 1.68 bits per heavy atom. The summed E-state index contributed by atoms with van der Waals surface area (Å²) in [4.78, 5) is 39.4. The largest absolute Gasteiger partial charge is 0.312 e. The molecule has 1 aromatic heterocycles. The third-order valence-electron chi connectivity index (χ3n) is 4.12. The van der Waals surface area contributed by atoms with E-state index in [1.165, 1.54) is 12.1 Å². The van der Waals surface area contributed by atoms with Crippen molar-refractivity contribution in [3.63, 3.8) is 0 Å². The van der Waals surface area contributed by atoms with E-state index in [0.717, 1.165) is 29.1 Å². The van der Waals surface area contributed by atoms with Gasteiger partial charge >= 0.3 is 4.87 Å². The number of hydrogen-bond donors (Lipinski definition) is 1. The molecule has 1 aliphatic heterocycles. The Bertz CT molecular complexity index is 897. The van der Waals surface area contributed by atoms with Gasteiger partial charge < -0.3 is 4.98 Å². The first-order valence-electron chi connectivity index (χ1n) is 6.99. The number of nitrogens with zero attached hydrogens (tertiary/aromatic N) is 1. The van der Waals surface area contributed by atoms with Crippen molar-refractivity contribution in [1.82, 2.24) is 4.98 Å². The lowest BCUT2D eigenvalue weighted by molar-refractivity contribution is -0.120. The van der Waals surface area contributed by atoms with Crippen LogP contribution in [0.15, 0.2) is 28.1 Å². The number of rotatable bonds is 1. The summed E-state index contributed by atoms with van der Waals surface area (Å²) in [5.41, 5.74) is 1.35. The molecule has 7 heteroatoms. The van der Waals surface area contributed by atoms with Crippen molar-refractivity contribution in [3.8, 4) is 0 Å². The minimum absolute atomic E-state index is 0.0917. The summed E-state index contributed by atoms with van der Waals surface area (Å²) in [7, 11) is 0. The maximum absolute atomic E-state index is 14.3. The van der Waals surface area contributed by atoms with Crippen molar-refractivity contribution in [2.24, 2.45) is 0 Å². The van der Waals surface area contributed by atoms with Crippen LogP contribution in [0.3, 0.4) is 0 Å². The van der Waals surface area contributed by atoms with Crippen LogP contribution in [0.2, 0.25) is 0 Å². The molecule has 0 fully saturated rings. The number of aromatic nitrogens is 1. The molecule has 4 rings (SSSR count). The molecule has 5 nitrogen and oxygen atoms in total. The van der Waals surface area contributed by atoms with Crippen molar-refractivity contribution in [3.05, 3.63) is 38.8 Å². The fourth-order valence-corrected chi connectivity index (χ4v) is 3.83. The molecular weight excluding hydrogens is 307 g/mol. The second-order valence-electron chi connectivity index (χ2n) is 5.42. The second kappa shape index (κ2) is 4.61. The highest BCUT2D eigenvalue weighted by atomic mass is 32.1. The van der Waals surface area contributed by atoms with E-state index in [0.29, 0.717) is 34.2 Å². The lowest BCUT2D eigenvalue weighted by Crippen LogP contribution is -2.32. The highest BCUT2D eigenvalue weighted by molar-refractivity contribution is 7.16. The van der Waals surface area contributed by atoms with Gasteiger partial charge in [0.15, 0.2) is 0 Å². The number of nitrogens with one attached hydrogen (secondary N) is 1. The Morgan fingerprint density at radius 1 is 1.05 bits per heavy atom. The van der Waals surface area contributed by atoms with Crippen LogP contribution in [0.1, 0.15) is 25.7 Å². The molecule has 2 heterocycles. The summed E-state index contributed by atoms with van der Waals surface area (Å²) in [5, 5.41) is 0. The van der Waals surface area contributed by atoms with E-state index in [1.807, 2.05) is 0 Å². The zero-order valence-corrected chi connectivity index (χ0v) is 12.3. The first-order chi connectivity index (χ1) is 10.6. The monoisotopic (exact) mass is 318 g/mol. The summed E-state index contributed by atoms with van der Waals surface area (Å²) < 4.78 is 14.8. The van der Waals surface area contributed by atoms with Gasteiger partial charge in [0.25, 0.3) is 11.8 Å². The predicted octanol–water partition coefficient (Wildman–Crippen LogP) is 2.47. The number of benzene rings is 1. The van der Waals surface area contributed by atoms with Crippen LogP contribution in [0, 0.1) is 5.82 Å². The van der Waals surface area contributed by atoms with Gasteiger partial charge in [-0.05, 0) is 37.8 Å². The number of imide groups is 1. The average Bonchev–Trinajstić information content (AvgIpc) is 2.97. The summed E-state index contributed by atoms with van der Waals surface area (Å²) in [5.74, 6) is -1.55. The van der Waals surface area contributed by atoms with Crippen LogP contribution < -0.4 is 9.77 Å². The van der Waals surface area contributed by atoms with E-state index < -0.39 is 17.6 Å². The van der Waals surface area contributed by atoms with Crippen molar-refractivity contribution in [1.29, 1.82) is 0 Å². The minimum Gasteiger partial charge on any atom is -0.312 e. The topological polar surface area (TPSA) is 70.2 Å². The second-order valence-corrected chi connectivity index (χ2v) is 6.44. The normalized spacial score (nSPS) is 18.5. The third kappa shape index (κ3) is 1.78. The molecule has 0 radical (unpaired) electrons. The van der Waals surface area contributed by atoms with Gasteiger partial charge in [0.1, 0.15) is 5.82 Å². The van der Waals surface area contributed by atoms with Gasteiger partial charge in [-0.25, -0.2) is 9.29 Å². The first-order valence-corrected chi connectivity index (χ1v) is 7.81. The van der Waals surface area contributed by atoms with Crippen molar-refractivity contribution >= 4 is 39.1 Å². The summed E-state index contributed by atoms with van der Waals surface area (Å²) in [6.45, 7) is 0. The zero-order chi connectivity index (χ0) is 15.4. The Hall–Kier alpha value is -2.28. The Balaban J connectivity index is 1.86. The number of H-pyrrole nitrogens is 1. The van der Waals surface area contributed by atoms with Gasteiger partial charge in [0, 0.05) is 11.1 Å². The molecule has 1 N–H and O–H groups in total. The van der Waals surface area contributed by atoms with Crippen molar-refractivity contribution in [2.45, 2.75) is 25.7 Å². The third-order valence-corrected chi connectivity index (χ3v) is 4.96. The molecule has 0 unspecified atom stereocenters. The molecule has 0 bridgehead atoms. The average molecular weight is 318 g/mol. The molecule has 0 saturated heterocycles. The number of thiazole rings is 1. The van der Waals surface area contributed by atoms with E-state index in [1.54, 1.807) is 0 Å². The maximum Gasteiger partial charge on any atom is 0.305 e. The van der Waals surface area contributed by atoms with Crippen LogP contribution in [0.5, 0.6) is 0 Å². The number of aromatic amines is 1. The van der Waals surface area contributed by atoms with E-state index in [-0.39, 0.29) is 10.6 Å². The number of anilines is 1. The highest BCUT2D eigenvalue weighted by Crippen LogP contribution is 2.37. The molecule has 1 aromatic carbocycles. The Kier molecular flexibility index (Phi) is 2.80. The molecule has 2 aromatic rings. The van der Waals surface area contributed by atoms with Gasteiger partial charge in [-0.3, -0.25) is 14.4 Å². The summed E-state index contributed by atoms with van der Waals surface area (Å²) >= 11 is 0.889. The molecule has 0 atom stereocenters. The lowest BCUT2D eigenvalue weighted by Gasteiger charge is -2.16. The van der Waals surface area contributed by atoms with Gasteiger partial charge in [-0.2, -0.15) is 0 Å². The van der Waals surface area contributed by atoms with Crippen LogP contribution in [-0.4, -0.2) is 16.8 Å². The van der Waals surface area contributed by atoms with E-state index in [9.17, 15) is 18.8 Å². The van der Waals surface area contributed by atoms with Gasteiger partial charge in [-0.15, -0.1) is 0 Å². The lowest BCUT2D eigenvalue weighted by atomic mass is 9.93. The van der Waals surface area contributed by atoms with Gasteiger partial charge in [0.05, 0.1) is 15.9 Å². The Labute approximate surface area is 128 Å². The predicted molar refractivity (Wildman–Crippen MR) is 80.4 cm³/mol. The molecule has 2 aliphatic rings. The van der Waals surface area contributed by atoms with E-state index in [2.05, 4.69) is 4.98 Å². The zero-order valence-electron chi connectivity index (χ0n) is 11.4.